The van der Waals surface area contributed by atoms with Crippen molar-refractivity contribution in [2.75, 3.05) is 12.4 Å². The molecule has 1 rings (SSSR count). The third-order valence-corrected chi connectivity index (χ3v) is 4.84. The Morgan fingerprint density at radius 2 is 1.86 bits per heavy atom. The van der Waals surface area contributed by atoms with Crippen molar-refractivity contribution in [3.63, 3.8) is 0 Å². The maximum absolute atomic E-state index is 12.2. The monoisotopic (exact) mass is 327 g/mol. The van der Waals surface area contributed by atoms with E-state index in [4.69, 9.17) is 4.74 Å². The third kappa shape index (κ3) is 6.05. The zero-order valence-corrected chi connectivity index (χ0v) is 14.4. The van der Waals surface area contributed by atoms with Gasteiger partial charge in [-0.15, -0.1) is 0 Å². The molecule has 0 bridgehead atoms. The summed E-state index contributed by atoms with van der Waals surface area (Å²) in [5.74, 6) is -0.373. The van der Waals surface area contributed by atoms with Crippen LogP contribution in [0.3, 0.4) is 0 Å². The highest BCUT2D eigenvalue weighted by atomic mass is 32.2. The van der Waals surface area contributed by atoms with Crippen molar-refractivity contribution in [3.05, 3.63) is 29.8 Å². The lowest BCUT2D eigenvalue weighted by atomic mass is 10.1. The molecule has 6 heteroatoms. The highest BCUT2D eigenvalue weighted by molar-refractivity contribution is 7.91. The summed E-state index contributed by atoms with van der Waals surface area (Å²) in [5, 5.41) is 2.71. The number of carbonyl (C=O) groups excluding carboxylic acids is 1. The maximum atomic E-state index is 12.2. The summed E-state index contributed by atoms with van der Waals surface area (Å²) in [5.41, 5.74) is 0.578. The fourth-order valence-corrected chi connectivity index (χ4v) is 3.17. The molecule has 0 saturated carbocycles. The van der Waals surface area contributed by atoms with Crippen LogP contribution in [0.15, 0.2) is 24.3 Å². The average molecular weight is 327 g/mol. The zero-order valence-electron chi connectivity index (χ0n) is 13.6. The molecule has 1 unspecified atom stereocenters. The zero-order chi connectivity index (χ0) is 16.8. The molecule has 1 N–H and O–H groups in total. The lowest BCUT2D eigenvalue weighted by molar-refractivity contribution is -0.119. The molecule has 0 aliphatic carbocycles. The Balaban J connectivity index is 2.74. The van der Waals surface area contributed by atoms with E-state index in [1.165, 1.54) is 0 Å². The average Bonchev–Trinajstić information content (AvgIpc) is 2.39. The second-order valence-electron chi connectivity index (χ2n) is 5.67. The minimum atomic E-state index is -3.54. The van der Waals surface area contributed by atoms with Gasteiger partial charge in [0.15, 0.2) is 9.84 Å². The number of benzene rings is 1. The molecule has 1 amide bonds. The van der Waals surface area contributed by atoms with Crippen molar-refractivity contribution in [1.82, 2.24) is 5.32 Å². The standard InChI is InChI=1S/C16H25NO4S/c1-5-21-15-9-7-6-8-14(15)10-22(19,20)11-16(18)17-13(4)12(2)3/h6-9,12-13H,5,10-11H2,1-4H3,(H,17,18). The van der Waals surface area contributed by atoms with Crippen LogP contribution in [0, 0.1) is 5.92 Å². The SMILES string of the molecule is CCOc1ccccc1CS(=O)(=O)CC(=O)NC(C)C(C)C. The van der Waals surface area contributed by atoms with Gasteiger partial charge in [0, 0.05) is 11.6 Å². The number of para-hydroxylation sites is 1. The van der Waals surface area contributed by atoms with Crippen LogP contribution in [0.2, 0.25) is 0 Å². The molecule has 1 aromatic carbocycles. The molecule has 0 radical (unpaired) electrons. The second kappa shape index (κ2) is 8.17. The Kier molecular flexibility index (Phi) is 6.87. The molecule has 1 atom stereocenters. The number of hydrogen-bond acceptors (Lipinski definition) is 4. The Morgan fingerprint density at radius 3 is 2.45 bits per heavy atom. The fourth-order valence-electron chi connectivity index (χ4n) is 1.87. The molecular weight excluding hydrogens is 302 g/mol. The smallest absolute Gasteiger partial charge is 0.235 e. The Labute approximate surface area is 133 Å². The van der Waals surface area contributed by atoms with Crippen molar-refractivity contribution in [3.8, 4) is 5.75 Å². The van der Waals surface area contributed by atoms with Crippen LogP contribution in [-0.4, -0.2) is 32.7 Å². The second-order valence-corrected chi connectivity index (χ2v) is 7.74. The van der Waals surface area contributed by atoms with Gasteiger partial charge in [0.1, 0.15) is 11.5 Å². The molecule has 124 valence electrons. The van der Waals surface area contributed by atoms with E-state index in [1.54, 1.807) is 24.3 Å². The van der Waals surface area contributed by atoms with Crippen LogP contribution in [0.1, 0.15) is 33.3 Å². The molecule has 0 spiro atoms. The summed E-state index contributed by atoms with van der Waals surface area (Å²) in [6, 6.07) is 6.93. The van der Waals surface area contributed by atoms with Crippen molar-refractivity contribution in [1.29, 1.82) is 0 Å². The number of carbonyl (C=O) groups is 1. The van der Waals surface area contributed by atoms with Gasteiger partial charge in [0.05, 0.1) is 12.4 Å². The van der Waals surface area contributed by atoms with Crippen LogP contribution >= 0.6 is 0 Å². The first-order valence-electron chi connectivity index (χ1n) is 7.45. The van der Waals surface area contributed by atoms with Crippen molar-refractivity contribution >= 4 is 15.7 Å². The highest BCUT2D eigenvalue weighted by Crippen LogP contribution is 2.20. The van der Waals surface area contributed by atoms with Gasteiger partial charge < -0.3 is 10.1 Å². The number of rotatable bonds is 8. The van der Waals surface area contributed by atoms with E-state index < -0.39 is 21.5 Å². The number of nitrogens with one attached hydrogen (secondary N) is 1. The quantitative estimate of drug-likeness (QED) is 0.794. The minimum Gasteiger partial charge on any atom is -0.494 e. The normalized spacial score (nSPS) is 13.0. The van der Waals surface area contributed by atoms with Crippen molar-refractivity contribution in [2.24, 2.45) is 5.92 Å². The van der Waals surface area contributed by atoms with E-state index in [1.807, 2.05) is 27.7 Å². The van der Waals surface area contributed by atoms with Crippen molar-refractivity contribution in [2.45, 2.75) is 39.5 Å². The van der Waals surface area contributed by atoms with E-state index in [-0.39, 0.29) is 17.7 Å². The van der Waals surface area contributed by atoms with Crippen LogP contribution in [-0.2, 0) is 20.4 Å². The molecule has 0 saturated heterocycles. The predicted octanol–water partition coefficient (Wildman–Crippen LogP) is 2.16. The molecule has 0 aliphatic heterocycles. The molecule has 0 heterocycles. The number of amides is 1. The van der Waals surface area contributed by atoms with E-state index in [2.05, 4.69) is 5.32 Å². The summed E-state index contributed by atoms with van der Waals surface area (Å²) in [6.45, 7) is 8.10. The van der Waals surface area contributed by atoms with Crippen LogP contribution < -0.4 is 10.1 Å². The van der Waals surface area contributed by atoms with E-state index in [0.29, 0.717) is 17.9 Å². The summed E-state index contributed by atoms with van der Waals surface area (Å²) in [7, 11) is -3.54. The molecule has 0 aliphatic rings. The minimum absolute atomic E-state index is 0.0570. The first-order valence-corrected chi connectivity index (χ1v) is 9.27. The van der Waals surface area contributed by atoms with Crippen LogP contribution in [0.25, 0.3) is 0 Å². The van der Waals surface area contributed by atoms with Gasteiger partial charge in [-0.3, -0.25) is 4.79 Å². The van der Waals surface area contributed by atoms with Gasteiger partial charge in [0.25, 0.3) is 0 Å². The van der Waals surface area contributed by atoms with Gasteiger partial charge in [-0.2, -0.15) is 0 Å². The van der Waals surface area contributed by atoms with Gasteiger partial charge in [-0.25, -0.2) is 8.42 Å². The largest absolute Gasteiger partial charge is 0.494 e. The first kappa shape index (κ1) is 18.5. The molecular formula is C16H25NO4S. The molecule has 22 heavy (non-hydrogen) atoms. The summed E-state index contributed by atoms with van der Waals surface area (Å²) < 4.78 is 29.8. The van der Waals surface area contributed by atoms with E-state index in [9.17, 15) is 13.2 Å². The summed E-state index contributed by atoms with van der Waals surface area (Å²) >= 11 is 0. The van der Waals surface area contributed by atoms with Crippen molar-refractivity contribution < 1.29 is 17.9 Å². The van der Waals surface area contributed by atoms with E-state index in [0.717, 1.165) is 0 Å². The van der Waals surface area contributed by atoms with Gasteiger partial charge in [-0.1, -0.05) is 32.0 Å². The van der Waals surface area contributed by atoms with Gasteiger partial charge in [-0.05, 0) is 25.8 Å². The predicted molar refractivity (Wildman–Crippen MR) is 87.5 cm³/mol. The lowest BCUT2D eigenvalue weighted by Crippen LogP contribution is -2.39. The molecule has 0 aromatic heterocycles. The summed E-state index contributed by atoms with van der Waals surface area (Å²) in [6.07, 6.45) is 0. The van der Waals surface area contributed by atoms with Crippen LogP contribution in [0.4, 0.5) is 0 Å². The Hall–Kier alpha value is -1.56. The Morgan fingerprint density at radius 1 is 1.23 bits per heavy atom. The van der Waals surface area contributed by atoms with Gasteiger partial charge in [0.2, 0.25) is 5.91 Å². The Bertz CT molecular complexity index is 596. The number of hydrogen-bond donors (Lipinski definition) is 1. The highest BCUT2D eigenvalue weighted by Gasteiger charge is 2.21. The molecule has 0 fully saturated rings. The maximum Gasteiger partial charge on any atom is 0.235 e. The topological polar surface area (TPSA) is 72.5 Å². The molecule has 1 aromatic rings. The summed E-state index contributed by atoms with van der Waals surface area (Å²) in [4.78, 5) is 11.9. The first-order chi connectivity index (χ1) is 10.2. The molecule has 5 nitrogen and oxygen atoms in total. The fraction of sp³-hybridized carbons (Fsp3) is 0.562. The number of sulfone groups is 1. The van der Waals surface area contributed by atoms with Crippen LogP contribution in [0.5, 0.6) is 5.75 Å². The third-order valence-electron chi connectivity index (χ3n) is 3.39. The van der Waals surface area contributed by atoms with E-state index >= 15 is 0 Å². The van der Waals surface area contributed by atoms with Gasteiger partial charge >= 0.3 is 0 Å². The number of ether oxygens (including phenoxy) is 1. The lowest BCUT2D eigenvalue weighted by Gasteiger charge is -2.17.